The minimum Gasteiger partial charge on any atom is -0.493 e. The largest absolute Gasteiger partial charge is 0.493 e. The third-order valence-corrected chi connectivity index (χ3v) is 3.37. The fourth-order valence-corrected chi connectivity index (χ4v) is 2.27. The van der Waals surface area contributed by atoms with Crippen LogP contribution in [0.1, 0.15) is 35.7 Å². The summed E-state index contributed by atoms with van der Waals surface area (Å²) in [6.07, 6.45) is 1.01. The van der Waals surface area contributed by atoms with Gasteiger partial charge in [0.2, 0.25) is 0 Å². The molecule has 0 amide bonds. The summed E-state index contributed by atoms with van der Waals surface area (Å²) in [5.41, 5.74) is 2.57. The van der Waals surface area contributed by atoms with E-state index in [9.17, 15) is 0 Å². The van der Waals surface area contributed by atoms with Crippen LogP contribution in [0.5, 0.6) is 5.75 Å². The first kappa shape index (κ1) is 12.2. The highest BCUT2D eigenvalue weighted by atomic mass is 16.5. The van der Waals surface area contributed by atoms with Gasteiger partial charge in [-0.15, -0.1) is 0 Å². The van der Waals surface area contributed by atoms with Crippen LogP contribution in [0.2, 0.25) is 0 Å². The number of hydrogen-bond acceptors (Lipinski definition) is 4. The molecule has 1 aromatic carbocycles. The van der Waals surface area contributed by atoms with Gasteiger partial charge in [-0.2, -0.15) is 5.10 Å². The van der Waals surface area contributed by atoms with Crippen LogP contribution in [0.25, 0.3) is 0 Å². The van der Waals surface area contributed by atoms with Crippen LogP contribution in [-0.2, 0) is 13.0 Å². The summed E-state index contributed by atoms with van der Waals surface area (Å²) in [5, 5.41) is 10.5. The van der Waals surface area contributed by atoms with Crippen molar-refractivity contribution in [2.75, 3.05) is 6.61 Å². The molecule has 100 valence electrons. The third kappa shape index (κ3) is 2.61. The molecule has 1 aromatic heterocycles. The summed E-state index contributed by atoms with van der Waals surface area (Å²) in [7, 11) is 0. The minimum atomic E-state index is 0.134. The van der Waals surface area contributed by atoms with Gasteiger partial charge in [0.1, 0.15) is 11.6 Å². The number of rotatable bonds is 4. The van der Waals surface area contributed by atoms with Crippen molar-refractivity contribution in [2.24, 2.45) is 0 Å². The van der Waals surface area contributed by atoms with E-state index < -0.39 is 0 Å². The lowest BCUT2D eigenvalue weighted by Gasteiger charge is -2.11. The molecule has 1 atom stereocenters. The number of hydrogen-bond donors (Lipinski definition) is 2. The maximum absolute atomic E-state index is 5.51. The fraction of sp³-hybridized carbons (Fsp3) is 0.429. The van der Waals surface area contributed by atoms with E-state index >= 15 is 0 Å². The first-order valence-corrected chi connectivity index (χ1v) is 6.59. The summed E-state index contributed by atoms with van der Waals surface area (Å²) < 4.78 is 5.51. The normalized spacial score (nSPS) is 15.1. The smallest absolute Gasteiger partial charge is 0.167 e. The van der Waals surface area contributed by atoms with Crippen molar-refractivity contribution < 1.29 is 4.74 Å². The van der Waals surface area contributed by atoms with E-state index in [0.29, 0.717) is 0 Å². The molecule has 0 saturated heterocycles. The average molecular weight is 258 g/mol. The van der Waals surface area contributed by atoms with Crippen LogP contribution in [-0.4, -0.2) is 21.8 Å². The summed E-state index contributed by atoms with van der Waals surface area (Å²) in [5.74, 6) is 2.68. The van der Waals surface area contributed by atoms with E-state index in [1.165, 1.54) is 11.1 Å². The lowest BCUT2D eigenvalue weighted by atomic mass is 10.1. The summed E-state index contributed by atoms with van der Waals surface area (Å²) >= 11 is 0. The number of aromatic nitrogens is 3. The molecule has 0 bridgehead atoms. The fourth-order valence-electron chi connectivity index (χ4n) is 2.27. The Morgan fingerprint density at radius 2 is 2.37 bits per heavy atom. The zero-order valence-electron chi connectivity index (χ0n) is 11.2. The van der Waals surface area contributed by atoms with E-state index in [-0.39, 0.29) is 6.04 Å². The Bertz CT molecular complexity index is 579. The van der Waals surface area contributed by atoms with Gasteiger partial charge in [0.25, 0.3) is 0 Å². The molecule has 19 heavy (non-hydrogen) atoms. The Morgan fingerprint density at radius 3 is 3.16 bits per heavy atom. The molecule has 2 aromatic rings. The highest BCUT2D eigenvalue weighted by Gasteiger charge is 2.13. The maximum atomic E-state index is 5.51. The predicted octanol–water partition coefficient (Wildman–Crippen LogP) is 1.90. The van der Waals surface area contributed by atoms with Gasteiger partial charge in [0, 0.05) is 13.0 Å². The van der Waals surface area contributed by atoms with E-state index in [1.54, 1.807) is 0 Å². The van der Waals surface area contributed by atoms with Crippen LogP contribution >= 0.6 is 0 Å². The zero-order valence-corrected chi connectivity index (χ0v) is 11.2. The molecule has 1 aliphatic heterocycles. The lowest BCUT2D eigenvalue weighted by Crippen LogP contribution is -2.19. The Morgan fingerprint density at radius 1 is 1.47 bits per heavy atom. The Labute approximate surface area is 112 Å². The number of nitrogens with one attached hydrogen (secondary N) is 2. The highest BCUT2D eigenvalue weighted by Crippen LogP contribution is 2.25. The second-order valence-corrected chi connectivity index (χ2v) is 4.92. The van der Waals surface area contributed by atoms with Crippen LogP contribution in [0.4, 0.5) is 0 Å². The molecule has 5 heteroatoms. The second kappa shape index (κ2) is 5.01. The molecule has 0 saturated carbocycles. The average Bonchev–Trinajstić information content (AvgIpc) is 3.03. The monoisotopic (exact) mass is 258 g/mol. The van der Waals surface area contributed by atoms with Gasteiger partial charge < -0.3 is 10.1 Å². The van der Waals surface area contributed by atoms with Gasteiger partial charge in [0.05, 0.1) is 12.6 Å². The topological polar surface area (TPSA) is 62.8 Å². The van der Waals surface area contributed by atoms with Crippen molar-refractivity contribution in [1.82, 2.24) is 20.5 Å². The summed E-state index contributed by atoms with van der Waals surface area (Å²) in [4.78, 5) is 4.33. The number of fused-ring (bicyclic) bond motifs is 1. The first-order valence-electron chi connectivity index (χ1n) is 6.59. The molecule has 0 radical (unpaired) electrons. The molecule has 1 unspecified atom stereocenters. The van der Waals surface area contributed by atoms with Gasteiger partial charge in [-0.1, -0.05) is 12.1 Å². The quantitative estimate of drug-likeness (QED) is 0.879. The van der Waals surface area contributed by atoms with Gasteiger partial charge in [-0.3, -0.25) is 5.10 Å². The Hall–Kier alpha value is -1.88. The van der Waals surface area contributed by atoms with E-state index in [0.717, 1.165) is 37.0 Å². The molecule has 5 nitrogen and oxygen atoms in total. The molecule has 2 N–H and O–H groups in total. The molecule has 1 aliphatic rings. The molecule has 2 heterocycles. The van der Waals surface area contributed by atoms with Gasteiger partial charge >= 0.3 is 0 Å². The number of nitrogens with zero attached hydrogens (tertiary/aromatic N) is 2. The van der Waals surface area contributed by atoms with E-state index in [1.807, 2.05) is 6.92 Å². The number of aromatic amines is 1. The molecule has 0 fully saturated rings. The van der Waals surface area contributed by atoms with Crippen molar-refractivity contribution in [1.29, 1.82) is 0 Å². The minimum absolute atomic E-state index is 0.134. The maximum Gasteiger partial charge on any atom is 0.167 e. The van der Waals surface area contributed by atoms with Crippen molar-refractivity contribution in [2.45, 2.75) is 32.9 Å². The van der Waals surface area contributed by atoms with E-state index in [2.05, 4.69) is 45.6 Å². The van der Waals surface area contributed by atoms with Crippen molar-refractivity contribution in [3.8, 4) is 5.75 Å². The number of aryl methyl sites for hydroxylation is 1. The summed E-state index contributed by atoms with van der Waals surface area (Å²) in [6.45, 7) is 5.59. The Balaban J connectivity index is 1.63. The predicted molar refractivity (Wildman–Crippen MR) is 72.0 cm³/mol. The second-order valence-electron chi connectivity index (χ2n) is 4.92. The molecule has 0 spiro atoms. The lowest BCUT2D eigenvalue weighted by molar-refractivity contribution is 0.357. The van der Waals surface area contributed by atoms with Crippen molar-refractivity contribution >= 4 is 0 Å². The number of benzene rings is 1. The van der Waals surface area contributed by atoms with Crippen LogP contribution < -0.4 is 10.1 Å². The SMILES string of the molecule is Cc1nc(C(C)NCc2ccc3c(c2)CCO3)n[nH]1. The zero-order chi connectivity index (χ0) is 13.2. The third-order valence-electron chi connectivity index (χ3n) is 3.37. The van der Waals surface area contributed by atoms with Crippen molar-refractivity contribution in [3.05, 3.63) is 41.0 Å². The van der Waals surface area contributed by atoms with Gasteiger partial charge in [0.15, 0.2) is 5.82 Å². The Kier molecular flexibility index (Phi) is 3.21. The standard InChI is InChI=1S/C14H18N4O/c1-9(14-16-10(2)17-18-14)15-8-11-3-4-13-12(7-11)5-6-19-13/h3-4,7,9,15H,5-6,8H2,1-2H3,(H,16,17,18). The van der Waals surface area contributed by atoms with E-state index in [4.69, 9.17) is 4.74 Å². The molecular formula is C14H18N4O. The van der Waals surface area contributed by atoms with Crippen LogP contribution in [0.3, 0.4) is 0 Å². The number of ether oxygens (including phenoxy) is 1. The van der Waals surface area contributed by atoms with Crippen molar-refractivity contribution in [3.63, 3.8) is 0 Å². The highest BCUT2D eigenvalue weighted by molar-refractivity contribution is 5.39. The van der Waals surface area contributed by atoms with Crippen LogP contribution in [0.15, 0.2) is 18.2 Å². The van der Waals surface area contributed by atoms with Gasteiger partial charge in [-0.05, 0) is 31.0 Å². The molecule has 0 aliphatic carbocycles. The van der Waals surface area contributed by atoms with Gasteiger partial charge in [-0.25, -0.2) is 4.98 Å². The molecular weight excluding hydrogens is 240 g/mol. The summed E-state index contributed by atoms with van der Waals surface area (Å²) in [6, 6.07) is 6.51. The molecule has 3 rings (SSSR count). The number of H-pyrrole nitrogens is 1. The first-order chi connectivity index (χ1) is 9.22. The van der Waals surface area contributed by atoms with Crippen LogP contribution in [0, 0.1) is 6.92 Å².